The highest BCUT2D eigenvalue weighted by Crippen LogP contribution is 2.40. The molecule has 2 N–H and O–H groups in total. The van der Waals surface area contributed by atoms with Gasteiger partial charge >= 0.3 is 6.36 Å². The molecule has 0 saturated carbocycles. The second-order valence-corrected chi connectivity index (χ2v) is 9.01. The number of rotatable bonds is 4. The second-order valence-electron chi connectivity index (χ2n) is 6.10. The molecule has 28 heavy (non-hydrogen) atoms. The van der Waals surface area contributed by atoms with Gasteiger partial charge in [-0.15, -0.1) is 31.1 Å². The molecule has 0 aliphatic carbocycles. The van der Waals surface area contributed by atoms with Crippen LogP contribution < -0.4 is 10.5 Å². The van der Waals surface area contributed by atoms with Crippen molar-refractivity contribution < 1.29 is 26.3 Å². The molecule has 6 nitrogen and oxygen atoms in total. The summed E-state index contributed by atoms with van der Waals surface area (Å²) < 4.78 is 67.0. The first-order chi connectivity index (χ1) is 13.0. The minimum atomic E-state index is -4.79. The third-order valence-corrected chi connectivity index (χ3v) is 7.14. The Kier molecular flexibility index (Phi) is 4.92. The number of sulfonamides is 1. The normalized spacial score (nSPS) is 21.9. The number of benzene rings is 1. The van der Waals surface area contributed by atoms with Crippen LogP contribution in [0.3, 0.4) is 0 Å². The van der Waals surface area contributed by atoms with Crippen LogP contribution in [-0.2, 0) is 15.6 Å². The molecule has 2 heterocycles. The van der Waals surface area contributed by atoms with Gasteiger partial charge in [-0.3, -0.25) is 0 Å². The lowest BCUT2D eigenvalue weighted by molar-refractivity contribution is -0.274. The molecule has 3 rings (SSSR count). The van der Waals surface area contributed by atoms with Gasteiger partial charge < -0.3 is 10.5 Å². The van der Waals surface area contributed by atoms with Crippen LogP contribution in [0.1, 0.15) is 4.88 Å². The van der Waals surface area contributed by atoms with E-state index in [-0.39, 0.29) is 17.5 Å². The second kappa shape index (κ2) is 6.82. The first-order valence-electron chi connectivity index (χ1n) is 7.86. The Morgan fingerprint density at radius 2 is 2.07 bits per heavy atom. The maximum absolute atomic E-state index is 12.4. The van der Waals surface area contributed by atoms with Gasteiger partial charge in [0.2, 0.25) is 16.0 Å². The summed E-state index contributed by atoms with van der Waals surface area (Å²) in [6, 6.07) is 7.18. The Morgan fingerprint density at radius 1 is 1.36 bits per heavy atom. The number of hydrogen-bond acceptors (Lipinski definition) is 6. The number of aliphatic imine (C=N–C) groups is 1. The fourth-order valence-electron chi connectivity index (χ4n) is 2.74. The van der Waals surface area contributed by atoms with Crippen molar-refractivity contribution in [3.63, 3.8) is 0 Å². The van der Waals surface area contributed by atoms with Crippen molar-refractivity contribution in [1.82, 2.24) is 4.31 Å². The number of halogens is 3. The number of hydrogen-bond donors (Lipinski definition) is 1. The number of nitrogens with zero attached hydrogens (tertiary/aromatic N) is 2. The molecule has 0 radical (unpaired) electrons. The summed E-state index contributed by atoms with van der Waals surface area (Å²) in [5, 5.41) is 1.70. The maximum Gasteiger partial charge on any atom is 0.573 e. The molecule has 0 unspecified atom stereocenters. The van der Waals surface area contributed by atoms with Gasteiger partial charge in [0.1, 0.15) is 17.0 Å². The minimum absolute atomic E-state index is 0.165. The van der Waals surface area contributed by atoms with E-state index in [0.29, 0.717) is 16.0 Å². The summed E-state index contributed by atoms with van der Waals surface area (Å²) >= 11 is 1.22. The molecule has 11 heteroatoms. The van der Waals surface area contributed by atoms with Gasteiger partial charge in [0.05, 0.1) is 0 Å². The zero-order valence-corrected chi connectivity index (χ0v) is 16.2. The maximum atomic E-state index is 12.4. The topological polar surface area (TPSA) is 85.0 Å². The quantitative estimate of drug-likeness (QED) is 0.753. The van der Waals surface area contributed by atoms with Crippen molar-refractivity contribution in [3.8, 4) is 16.9 Å². The molecule has 150 valence electrons. The van der Waals surface area contributed by atoms with Crippen LogP contribution >= 0.6 is 11.3 Å². The van der Waals surface area contributed by atoms with Crippen molar-refractivity contribution in [2.75, 3.05) is 12.8 Å². The van der Waals surface area contributed by atoms with Crippen molar-refractivity contribution in [2.24, 2.45) is 10.7 Å². The molecule has 1 aliphatic rings. The molecule has 1 atom stereocenters. The summed E-state index contributed by atoms with van der Waals surface area (Å²) in [5.41, 5.74) is 5.58. The highest BCUT2D eigenvalue weighted by molar-refractivity contribution is 7.89. The van der Waals surface area contributed by atoms with Gasteiger partial charge in [0, 0.05) is 11.9 Å². The predicted molar refractivity (Wildman–Crippen MR) is 101 cm³/mol. The van der Waals surface area contributed by atoms with Crippen LogP contribution in [0.15, 0.2) is 53.4 Å². The van der Waals surface area contributed by atoms with Gasteiger partial charge in [0.15, 0.2) is 0 Å². The zero-order valence-electron chi connectivity index (χ0n) is 14.6. The van der Waals surface area contributed by atoms with E-state index in [1.165, 1.54) is 42.7 Å². The Bertz CT molecular complexity index is 1050. The van der Waals surface area contributed by atoms with Crippen molar-refractivity contribution in [3.05, 3.63) is 53.2 Å². The number of ether oxygens (including phenoxy) is 1. The fourth-order valence-corrected chi connectivity index (χ4v) is 5.31. The summed E-state index contributed by atoms with van der Waals surface area (Å²) in [6.45, 7) is 3.71. The predicted octanol–water partition coefficient (Wildman–Crippen LogP) is 3.28. The number of guanidine groups is 1. The van der Waals surface area contributed by atoms with Crippen LogP contribution in [0.5, 0.6) is 5.75 Å². The smallest absolute Gasteiger partial charge is 0.406 e. The first kappa shape index (κ1) is 20.2. The molecule has 1 aliphatic heterocycles. The number of alkyl halides is 3. The summed E-state index contributed by atoms with van der Waals surface area (Å²) in [5.74, 6) is -0.861. The average molecular weight is 431 g/mol. The number of nitrogens with two attached hydrogens (primary N) is 1. The minimum Gasteiger partial charge on any atom is -0.406 e. The van der Waals surface area contributed by atoms with Crippen molar-refractivity contribution >= 4 is 27.3 Å². The Labute approximate surface area is 163 Å². The van der Waals surface area contributed by atoms with Gasteiger partial charge in [-0.2, -0.15) is 0 Å². The third kappa shape index (κ3) is 3.85. The van der Waals surface area contributed by atoms with E-state index in [4.69, 9.17) is 5.73 Å². The van der Waals surface area contributed by atoms with E-state index in [1.54, 1.807) is 17.5 Å². The van der Waals surface area contributed by atoms with E-state index in [0.717, 1.165) is 4.31 Å². The lowest BCUT2D eigenvalue weighted by Gasteiger charge is -2.34. The molecule has 1 aromatic heterocycles. The van der Waals surface area contributed by atoms with E-state index in [2.05, 4.69) is 16.3 Å². The lowest BCUT2D eigenvalue weighted by Crippen LogP contribution is -2.50. The summed E-state index contributed by atoms with van der Waals surface area (Å²) in [7, 11) is -2.38. The molecular weight excluding hydrogens is 415 g/mol. The van der Waals surface area contributed by atoms with Gasteiger partial charge in [0.25, 0.3) is 0 Å². The Hall–Kier alpha value is -2.53. The SMILES string of the molecule is C=C[C@@]1(c2cc(-c3cccc(OC(F)(F)F)c3)cs2)CS(=O)(=O)N(C)C(N)=N1. The van der Waals surface area contributed by atoms with E-state index in [9.17, 15) is 21.6 Å². The molecule has 2 aromatic rings. The highest BCUT2D eigenvalue weighted by Gasteiger charge is 2.42. The van der Waals surface area contributed by atoms with E-state index in [1.807, 2.05) is 0 Å². The zero-order chi connectivity index (χ0) is 20.7. The molecule has 0 fully saturated rings. The average Bonchev–Trinajstić information content (AvgIpc) is 3.08. The monoisotopic (exact) mass is 431 g/mol. The summed E-state index contributed by atoms with van der Waals surface area (Å²) in [6.07, 6.45) is -3.39. The first-order valence-corrected chi connectivity index (χ1v) is 10.4. The molecule has 0 saturated heterocycles. The van der Waals surface area contributed by atoms with Crippen LogP contribution in [-0.4, -0.2) is 37.8 Å². The van der Waals surface area contributed by atoms with Gasteiger partial charge in [-0.05, 0) is 34.7 Å². The number of thiophene rings is 1. The summed E-state index contributed by atoms with van der Waals surface area (Å²) in [4.78, 5) is 4.87. The Balaban J connectivity index is 2.00. The molecule has 0 amide bonds. The van der Waals surface area contributed by atoms with Gasteiger partial charge in [-0.1, -0.05) is 18.2 Å². The largest absolute Gasteiger partial charge is 0.573 e. The van der Waals surface area contributed by atoms with Crippen LogP contribution in [0, 0.1) is 0 Å². The standard InChI is InChI=1S/C17H16F3N3O3S2/c1-3-16(10-28(24,25)23(2)15(21)22-16)14-8-12(9-27-14)11-5-4-6-13(7-11)26-17(18,19)20/h3-9H,1,10H2,2H3,(H2,21,22)/t16-/m0/s1. The lowest BCUT2D eigenvalue weighted by atomic mass is 9.99. The fraction of sp³-hybridized carbons (Fsp3) is 0.235. The highest BCUT2D eigenvalue weighted by atomic mass is 32.2. The molecule has 1 aromatic carbocycles. The van der Waals surface area contributed by atoms with Crippen LogP contribution in [0.25, 0.3) is 11.1 Å². The van der Waals surface area contributed by atoms with Crippen LogP contribution in [0.4, 0.5) is 13.2 Å². The molecular formula is C17H16F3N3O3S2. The van der Waals surface area contributed by atoms with Crippen molar-refractivity contribution in [1.29, 1.82) is 0 Å². The van der Waals surface area contributed by atoms with E-state index < -0.39 is 21.9 Å². The van der Waals surface area contributed by atoms with Gasteiger partial charge in [-0.25, -0.2) is 17.7 Å². The van der Waals surface area contributed by atoms with Crippen LogP contribution in [0.2, 0.25) is 0 Å². The van der Waals surface area contributed by atoms with Crippen molar-refractivity contribution in [2.45, 2.75) is 11.9 Å². The molecule has 0 spiro atoms. The third-order valence-electron chi connectivity index (χ3n) is 4.22. The Morgan fingerprint density at radius 3 is 2.68 bits per heavy atom. The van der Waals surface area contributed by atoms with E-state index >= 15 is 0 Å². The molecule has 0 bridgehead atoms.